The number of rotatable bonds is 9. The Kier molecular flexibility index (Phi) is 7.45. The summed E-state index contributed by atoms with van der Waals surface area (Å²) in [5.41, 5.74) is 3.69. The molecule has 2 heterocycles. The van der Waals surface area contributed by atoms with Crippen molar-refractivity contribution in [2.75, 3.05) is 42.3 Å². The number of nitrogens with one attached hydrogen (secondary N) is 3. The highest BCUT2D eigenvalue weighted by molar-refractivity contribution is 6.00. The van der Waals surface area contributed by atoms with Crippen molar-refractivity contribution < 1.29 is 14.3 Å². The van der Waals surface area contributed by atoms with Gasteiger partial charge < -0.3 is 25.6 Å². The molecule has 0 aliphatic carbocycles. The van der Waals surface area contributed by atoms with E-state index < -0.39 is 5.92 Å². The monoisotopic (exact) mass is 474 g/mol. The highest BCUT2D eigenvalue weighted by Crippen LogP contribution is 2.28. The lowest BCUT2D eigenvalue weighted by atomic mass is 10.1. The van der Waals surface area contributed by atoms with Crippen LogP contribution in [0.25, 0.3) is 0 Å². The van der Waals surface area contributed by atoms with Crippen molar-refractivity contribution in [3.8, 4) is 5.75 Å². The molecule has 9 nitrogen and oxygen atoms in total. The second kappa shape index (κ2) is 10.9. The average Bonchev–Trinajstić information content (AvgIpc) is 3.24. The Hall–Kier alpha value is -4.14. The first-order chi connectivity index (χ1) is 16.9. The molecule has 35 heavy (non-hydrogen) atoms. The number of methoxy groups -OCH3 is 1. The van der Waals surface area contributed by atoms with Gasteiger partial charge in [0.2, 0.25) is 17.8 Å². The predicted molar refractivity (Wildman–Crippen MR) is 136 cm³/mol. The van der Waals surface area contributed by atoms with Gasteiger partial charge in [0.15, 0.2) is 0 Å². The number of anilines is 4. The average molecular weight is 475 g/mol. The fourth-order valence-corrected chi connectivity index (χ4v) is 3.91. The Bertz CT molecular complexity index is 1200. The van der Waals surface area contributed by atoms with E-state index in [0.29, 0.717) is 37.1 Å². The number of aromatic nitrogens is 2. The third kappa shape index (κ3) is 6.26. The molecule has 3 N–H and O–H groups in total. The number of benzene rings is 2. The molecule has 1 fully saturated rings. The molecular formula is C26H30N6O3. The molecule has 0 bridgehead atoms. The Morgan fingerprint density at radius 2 is 1.89 bits per heavy atom. The minimum atomic E-state index is -0.394. The number of carbonyl (C=O) groups excluding carboxylic acids is 2. The van der Waals surface area contributed by atoms with Crippen LogP contribution in [0.15, 0.2) is 54.6 Å². The number of aryl methyl sites for hydroxylation is 2. The summed E-state index contributed by atoms with van der Waals surface area (Å²) in [6, 6.07) is 17.2. The summed E-state index contributed by atoms with van der Waals surface area (Å²) in [6.07, 6.45) is 0.186. The number of nitrogens with zero attached hydrogens (tertiary/aromatic N) is 3. The second-order valence-corrected chi connectivity index (χ2v) is 8.53. The fraction of sp³-hybridized carbons (Fsp3) is 0.308. The lowest BCUT2D eigenvalue weighted by molar-refractivity contribution is -0.126. The van der Waals surface area contributed by atoms with E-state index in [4.69, 9.17) is 4.74 Å². The molecule has 0 saturated carbocycles. The lowest BCUT2D eigenvalue weighted by Crippen LogP contribution is -2.35. The van der Waals surface area contributed by atoms with E-state index in [9.17, 15) is 9.59 Å². The van der Waals surface area contributed by atoms with Crippen molar-refractivity contribution in [1.29, 1.82) is 0 Å². The standard InChI is InChI=1S/C26H30N6O3/c1-17-7-9-20(10-8-17)30-23-13-18(2)29-26(31-23)28-12-11-27-25(34)19-14-24(33)32(16-19)21-5-4-6-22(15-21)35-3/h4-10,13,15,19H,11-12,14,16H2,1-3H3,(H,27,34)(H2,28,29,30,31). The summed E-state index contributed by atoms with van der Waals surface area (Å²) in [6.45, 7) is 5.14. The van der Waals surface area contributed by atoms with E-state index in [1.807, 2.05) is 62.4 Å². The molecule has 0 spiro atoms. The number of hydrogen-bond acceptors (Lipinski definition) is 7. The smallest absolute Gasteiger partial charge is 0.227 e. The Morgan fingerprint density at radius 3 is 2.66 bits per heavy atom. The third-order valence-electron chi connectivity index (χ3n) is 5.75. The van der Waals surface area contributed by atoms with Gasteiger partial charge in [0, 0.05) is 55.3 Å². The van der Waals surface area contributed by atoms with E-state index in [1.165, 1.54) is 5.56 Å². The highest BCUT2D eigenvalue weighted by atomic mass is 16.5. The van der Waals surface area contributed by atoms with Gasteiger partial charge in [-0.3, -0.25) is 9.59 Å². The summed E-state index contributed by atoms with van der Waals surface area (Å²) in [4.78, 5) is 35.7. The Morgan fingerprint density at radius 1 is 1.09 bits per heavy atom. The predicted octanol–water partition coefficient (Wildman–Crippen LogP) is 3.43. The van der Waals surface area contributed by atoms with Gasteiger partial charge in [-0.1, -0.05) is 23.8 Å². The molecule has 0 radical (unpaired) electrons. The van der Waals surface area contributed by atoms with Crippen molar-refractivity contribution >= 4 is 35.0 Å². The number of ether oxygens (including phenoxy) is 1. The minimum absolute atomic E-state index is 0.0710. The zero-order valence-electron chi connectivity index (χ0n) is 20.2. The Balaban J connectivity index is 1.26. The molecular weight excluding hydrogens is 444 g/mol. The summed E-state index contributed by atoms with van der Waals surface area (Å²) >= 11 is 0. The van der Waals surface area contributed by atoms with Crippen molar-refractivity contribution in [2.24, 2.45) is 5.92 Å². The SMILES string of the molecule is COc1cccc(N2CC(C(=O)NCCNc3nc(C)cc(Nc4ccc(C)cc4)n3)CC2=O)c1. The zero-order chi connectivity index (χ0) is 24.8. The van der Waals surface area contributed by atoms with Crippen LogP contribution in [0.2, 0.25) is 0 Å². The van der Waals surface area contributed by atoms with Gasteiger partial charge in [0.25, 0.3) is 0 Å². The van der Waals surface area contributed by atoms with Gasteiger partial charge >= 0.3 is 0 Å². The first-order valence-electron chi connectivity index (χ1n) is 11.6. The summed E-state index contributed by atoms with van der Waals surface area (Å²) in [5.74, 6) is 1.24. The first-order valence-corrected chi connectivity index (χ1v) is 11.6. The molecule has 1 aliphatic heterocycles. The van der Waals surface area contributed by atoms with Gasteiger partial charge in [0.1, 0.15) is 11.6 Å². The first kappa shape index (κ1) is 24.0. The summed E-state index contributed by atoms with van der Waals surface area (Å²) in [5, 5.41) is 9.34. The van der Waals surface area contributed by atoms with E-state index in [2.05, 4.69) is 25.9 Å². The third-order valence-corrected chi connectivity index (χ3v) is 5.75. The van der Waals surface area contributed by atoms with Gasteiger partial charge in [-0.2, -0.15) is 4.98 Å². The van der Waals surface area contributed by atoms with Crippen molar-refractivity contribution in [3.63, 3.8) is 0 Å². The maximum absolute atomic E-state index is 12.7. The summed E-state index contributed by atoms with van der Waals surface area (Å²) < 4.78 is 5.24. The van der Waals surface area contributed by atoms with E-state index in [1.54, 1.807) is 18.1 Å². The van der Waals surface area contributed by atoms with E-state index in [-0.39, 0.29) is 18.2 Å². The van der Waals surface area contributed by atoms with Crippen LogP contribution in [-0.4, -0.2) is 48.5 Å². The molecule has 2 aromatic carbocycles. The fourth-order valence-electron chi connectivity index (χ4n) is 3.91. The van der Waals surface area contributed by atoms with Crippen LogP contribution >= 0.6 is 0 Å². The minimum Gasteiger partial charge on any atom is -0.497 e. The molecule has 1 saturated heterocycles. The van der Waals surface area contributed by atoms with Gasteiger partial charge in [-0.15, -0.1) is 0 Å². The Labute approximate surface area is 204 Å². The van der Waals surface area contributed by atoms with Gasteiger partial charge in [-0.25, -0.2) is 4.98 Å². The van der Waals surface area contributed by atoms with Gasteiger partial charge in [-0.05, 0) is 38.1 Å². The van der Waals surface area contributed by atoms with Crippen LogP contribution < -0.4 is 25.6 Å². The van der Waals surface area contributed by atoms with Crippen molar-refractivity contribution in [3.05, 3.63) is 65.9 Å². The second-order valence-electron chi connectivity index (χ2n) is 8.53. The van der Waals surface area contributed by atoms with Crippen LogP contribution in [0, 0.1) is 19.8 Å². The summed E-state index contributed by atoms with van der Waals surface area (Å²) in [7, 11) is 1.58. The number of carbonyl (C=O) groups is 2. The van der Waals surface area contributed by atoms with Crippen LogP contribution in [0.4, 0.5) is 23.1 Å². The van der Waals surface area contributed by atoms with Gasteiger partial charge in [0.05, 0.1) is 13.0 Å². The molecule has 1 unspecified atom stereocenters. The van der Waals surface area contributed by atoms with Crippen LogP contribution in [0.3, 0.4) is 0 Å². The largest absolute Gasteiger partial charge is 0.497 e. The maximum atomic E-state index is 12.7. The normalized spacial score (nSPS) is 15.1. The van der Waals surface area contributed by atoms with Crippen LogP contribution in [0.1, 0.15) is 17.7 Å². The number of amides is 2. The maximum Gasteiger partial charge on any atom is 0.227 e. The molecule has 2 amide bonds. The zero-order valence-corrected chi connectivity index (χ0v) is 20.2. The molecule has 182 valence electrons. The highest BCUT2D eigenvalue weighted by Gasteiger charge is 2.35. The molecule has 4 rings (SSSR count). The lowest BCUT2D eigenvalue weighted by Gasteiger charge is -2.17. The molecule has 1 atom stereocenters. The van der Waals surface area contributed by atoms with Crippen molar-refractivity contribution in [2.45, 2.75) is 20.3 Å². The van der Waals surface area contributed by atoms with E-state index >= 15 is 0 Å². The van der Waals surface area contributed by atoms with E-state index in [0.717, 1.165) is 17.1 Å². The molecule has 1 aromatic heterocycles. The molecule has 3 aromatic rings. The van der Waals surface area contributed by atoms with Crippen LogP contribution in [0.5, 0.6) is 5.75 Å². The van der Waals surface area contributed by atoms with Crippen LogP contribution in [-0.2, 0) is 9.59 Å². The topological polar surface area (TPSA) is 108 Å². The van der Waals surface area contributed by atoms with Crippen molar-refractivity contribution in [1.82, 2.24) is 15.3 Å². The molecule has 9 heteroatoms. The number of hydrogen-bond donors (Lipinski definition) is 3. The quantitative estimate of drug-likeness (QED) is 0.408. The molecule has 1 aliphatic rings.